The van der Waals surface area contributed by atoms with Gasteiger partial charge < -0.3 is 15.0 Å². The molecule has 0 heterocycles. The van der Waals surface area contributed by atoms with Gasteiger partial charge in [-0.15, -0.1) is 0 Å². The summed E-state index contributed by atoms with van der Waals surface area (Å²) in [6.07, 6.45) is 1.00. The van der Waals surface area contributed by atoms with Crippen LogP contribution in [0, 0.1) is 11.7 Å². The summed E-state index contributed by atoms with van der Waals surface area (Å²) in [5.74, 6) is 0.150. The second-order valence-electron chi connectivity index (χ2n) is 9.22. The summed E-state index contributed by atoms with van der Waals surface area (Å²) in [4.78, 5) is 28.4. The second-order valence-corrected chi connectivity index (χ2v) is 9.22. The van der Waals surface area contributed by atoms with Crippen molar-refractivity contribution < 1.29 is 18.7 Å². The fraction of sp³-hybridized carbons (Fsp3) is 0.333. The van der Waals surface area contributed by atoms with Crippen molar-refractivity contribution in [3.05, 3.63) is 102 Å². The highest BCUT2D eigenvalue weighted by atomic mass is 19.1. The third-order valence-electron chi connectivity index (χ3n) is 5.80. The molecule has 0 saturated carbocycles. The molecule has 0 aliphatic carbocycles. The lowest BCUT2D eigenvalue weighted by atomic mass is 10.0. The summed E-state index contributed by atoms with van der Waals surface area (Å²) in [6, 6.07) is 24.6. The van der Waals surface area contributed by atoms with Crippen LogP contribution in [0.5, 0.6) is 5.75 Å². The highest BCUT2D eigenvalue weighted by Crippen LogP contribution is 2.18. The van der Waals surface area contributed by atoms with Gasteiger partial charge in [-0.2, -0.15) is 0 Å². The van der Waals surface area contributed by atoms with E-state index in [0.29, 0.717) is 31.6 Å². The fourth-order valence-electron chi connectivity index (χ4n) is 3.86. The molecule has 190 valence electrons. The summed E-state index contributed by atoms with van der Waals surface area (Å²) in [5, 5.41) is 2.98. The maximum Gasteiger partial charge on any atom is 0.243 e. The number of amides is 2. The standard InChI is InChI=1S/C30H35FN2O3/c1-23(2)21-32-30(35)28(20-24-12-5-3-6-13-24)33(22-25-14-9-10-17-27(25)31)29(34)18-11-19-36-26-15-7-4-8-16-26/h3-10,12-17,23,28H,11,18-22H2,1-2H3,(H,32,35)/t28-/m0/s1. The first-order valence-corrected chi connectivity index (χ1v) is 12.5. The van der Waals surface area contributed by atoms with E-state index in [4.69, 9.17) is 4.74 Å². The van der Waals surface area contributed by atoms with Crippen LogP contribution in [-0.2, 0) is 22.6 Å². The maximum absolute atomic E-state index is 14.6. The smallest absolute Gasteiger partial charge is 0.243 e. The highest BCUT2D eigenvalue weighted by molar-refractivity contribution is 5.88. The molecular formula is C30H35FN2O3. The summed E-state index contributed by atoms with van der Waals surface area (Å²) in [5.41, 5.74) is 1.31. The quantitative estimate of drug-likeness (QED) is 0.327. The molecule has 3 aromatic rings. The van der Waals surface area contributed by atoms with Gasteiger partial charge in [-0.25, -0.2) is 4.39 Å². The van der Waals surface area contributed by atoms with Gasteiger partial charge in [-0.05, 0) is 36.1 Å². The Morgan fingerprint density at radius 1 is 0.917 bits per heavy atom. The van der Waals surface area contributed by atoms with Crippen molar-refractivity contribution in [2.75, 3.05) is 13.2 Å². The Morgan fingerprint density at radius 3 is 2.22 bits per heavy atom. The molecule has 0 unspecified atom stereocenters. The van der Waals surface area contributed by atoms with Gasteiger partial charge in [-0.3, -0.25) is 9.59 Å². The third kappa shape index (κ3) is 8.52. The lowest BCUT2D eigenvalue weighted by Crippen LogP contribution is -2.51. The molecule has 36 heavy (non-hydrogen) atoms. The zero-order valence-corrected chi connectivity index (χ0v) is 21.0. The van der Waals surface area contributed by atoms with Crippen molar-refractivity contribution in [1.29, 1.82) is 0 Å². The lowest BCUT2D eigenvalue weighted by molar-refractivity contribution is -0.141. The molecule has 0 fully saturated rings. The Balaban J connectivity index is 1.80. The Bertz CT molecular complexity index is 1090. The SMILES string of the molecule is CC(C)CNC(=O)[C@H](Cc1ccccc1)N(Cc1ccccc1F)C(=O)CCCOc1ccccc1. The molecule has 0 saturated heterocycles. The number of hydrogen-bond acceptors (Lipinski definition) is 3. The van der Waals surface area contributed by atoms with Gasteiger partial charge in [0.15, 0.2) is 0 Å². The largest absolute Gasteiger partial charge is 0.494 e. The summed E-state index contributed by atoms with van der Waals surface area (Å²) in [6.45, 7) is 4.91. The Hall–Kier alpha value is -3.67. The first-order valence-electron chi connectivity index (χ1n) is 12.5. The van der Waals surface area contributed by atoms with E-state index in [9.17, 15) is 14.0 Å². The maximum atomic E-state index is 14.6. The van der Waals surface area contributed by atoms with E-state index in [1.807, 2.05) is 74.5 Å². The molecule has 6 heteroatoms. The van der Waals surface area contributed by atoms with Crippen molar-refractivity contribution in [2.24, 2.45) is 5.92 Å². The number of carbonyl (C=O) groups excluding carboxylic acids is 2. The number of ether oxygens (including phenoxy) is 1. The van der Waals surface area contributed by atoms with Crippen LogP contribution in [0.1, 0.15) is 37.8 Å². The van der Waals surface area contributed by atoms with Crippen molar-refractivity contribution in [1.82, 2.24) is 10.2 Å². The second kappa shape index (κ2) is 14.0. The van der Waals surface area contributed by atoms with Gasteiger partial charge in [0.05, 0.1) is 6.61 Å². The number of nitrogens with one attached hydrogen (secondary N) is 1. The molecule has 3 rings (SSSR count). The van der Waals surface area contributed by atoms with Gasteiger partial charge in [0.25, 0.3) is 0 Å². The van der Waals surface area contributed by atoms with E-state index in [1.165, 1.54) is 11.0 Å². The fourth-order valence-corrected chi connectivity index (χ4v) is 3.86. The number of halogens is 1. The summed E-state index contributed by atoms with van der Waals surface area (Å²) >= 11 is 0. The van der Waals surface area contributed by atoms with Gasteiger partial charge in [0.2, 0.25) is 11.8 Å². The van der Waals surface area contributed by atoms with Crippen molar-refractivity contribution in [3.8, 4) is 5.75 Å². The number of rotatable bonds is 13. The molecule has 5 nitrogen and oxygen atoms in total. The molecule has 0 bridgehead atoms. The molecule has 0 aromatic heterocycles. The molecule has 3 aromatic carbocycles. The van der Waals surface area contributed by atoms with Gasteiger partial charge >= 0.3 is 0 Å². The van der Waals surface area contributed by atoms with E-state index >= 15 is 0 Å². The Labute approximate surface area is 213 Å². The molecule has 0 spiro atoms. The van der Waals surface area contributed by atoms with E-state index in [0.717, 1.165) is 11.3 Å². The zero-order chi connectivity index (χ0) is 25.8. The van der Waals surface area contributed by atoms with E-state index in [2.05, 4.69) is 5.32 Å². The van der Waals surface area contributed by atoms with Crippen LogP contribution in [0.25, 0.3) is 0 Å². The lowest BCUT2D eigenvalue weighted by Gasteiger charge is -2.32. The van der Waals surface area contributed by atoms with Crippen LogP contribution in [0.3, 0.4) is 0 Å². The van der Waals surface area contributed by atoms with Crippen LogP contribution >= 0.6 is 0 Å². The molecule has 1 N–H and O–H groups in total. The number of benzene rings is 3. The molecule has 2 amide bonds. The van der Waals surface area contributed by atoms with Crippen LogP contribution < -0.4 is 10.1 Å². The monoisotopic (exact) mass is 490 g/mol. The molecule has 0 radical (unpaired) electrons. The summed E-state index contributed by atoms with van der Waals surface area (Å²) in [7, 11) is 0. The van der Waals surface area contributed by atoms with Crippen LogP contribution in [-0.4, -0.2) is 35.9 Å². The van der Waals surface area contributed by atoms with Crippen molar-refractivity contribution >= 4 is 11.8 Å². The molecule has 0 aliphatic rings. The van der Waals surface area contributed by atoms with Crippen molar-refractivity contribution in [2.45, 2.75) is 45.7 Å². The van der Waals surface area contributed by atoms with Gasteiger partial charge in [0.1, 0.15) is 17.6 Å². The predicted octanol–water partition coefficient (Wildman–Crippen LogP) is 5.40. The molecule has 1 atom stereocenters. The topological polar surface area (TPSA) is 58.6 Å². The average molecular weight is 491 g/mol. The van der Waals surface area contributed by atoms with E-state index < -0.39 is 11.9 Å². The Kier molecular flexibility index (Phi) is 10.5. The predicted molar refractivity (Wildman–Crippen MR) is 140 cm³/mol. The molecule has 0 aliphatic heterocycles. The highest BCUT2D eigenvalue weighted by Gasteiger charge is 2.30. The Morgan fingerprint density at radius 2 is 1.56 bits per heavy atom. The van der Waals surface area contributed by atoms with E-state index in [1.54, 1.807) is 18.2 Å². The van der Waals surface area contributed by atoms with Crippen LogP contribution in [0.2, 0.25) is 0 Å². The van der Waals surface area contributed by atoms with Crippen molar-refractivity contribution in [3.63, 3.8) is 0 Å². The average Bonchev–Trinajstić information content (AvgIpc) is 2.89. The molecular weight excluding hydrogens is 455 g/mol. The zero-order valence-electron chi connectivity index (χ0n) is 21.0. The van der Waals surface area contributed by atoms with E-state index in [-0.39, 0.29) is 30.7 Å². The van der Waals surface area contributed by atoms with Gasteiger partial charge in [-0.1, -0.05) is 80.6 Å². The minimum Gasteiger partial charge on any atom is -0.494 e. The first-order chi connectivity index (χ1) is 17.4. The number of para-hydroxylation sites is 1. The minimum absolute atomic E-state index is 0.0116. The number of carbonyl (C=O) groups is 2. The number of hydrogen-bond donors (Lipinski definition) is 1. The number of nitrogens with zero attached hydrogens (tertiary/aromatic N) is 1. The third-order valence-corrected chi connectivity index (χ3v) is 5.80. The van der Waals surface area contributed by atoms with Crippen LogP contribution in [0.4, 0.5) is 4.39 Å². The summed E-state index contributed by atoms with van der Waals surface area (Å²) < 4.78 is 20.3. The van der Waals surface area contributed by atoms with Gasteiger partial charge in [0, 0.05) is 31.5 Å². The normalized spacial score (nSPS) is 11.7. The minimum atomic E-state index is -0.770. The first kappa shape index (κ1) is 26.9. The van der Waals surface area contributed by atoms with Crippen LogP contribution in [0.15, 0.2) is 84.9 Å².